The van der Waals surface area contributed by atoms with Gasteiger partial charge in [0.25, 0.3) is 0 Å². The number of hydrogen-bond donors (Lipinski definition) is 5. The van der Waals surface area contributed by atoms with Gasteiger partial charge in [-0.2, -0.15) is 0 Å². The molecule has 20 heavy (non-hydrogen) atoms. The molecule has 7 N–H and O–H groups in total. The smallest absolute Gasteiger partial charge is 0.305 e. The summed E-state index contributed by atoms with van der Waals surface area (Å²) in [4.78, 5) is 21.0. The van der Waals surface area contributed by atoms with Crippen molar-refractivity contribution in [2.45, 2.75) is 51.5 Å². The van der Waals surface area contributed by atoms with Crippen LogP contribution in [0, 0.1) is 11.8 Å². The normalized spacial score (nSPS) is 18.9. The monoisotopic (exact) mass is 291 g/mol. The first kappa shape index (κ1) is 19.0. The fourth-order valence-electron chi connectivity index (χ4n) is 1.88. The predicted molar refractivity (Wildman–Crippen MR) is 72.6 cm³/mol. The number of aliphatic hydroxyl groups is 2. The van der Waals surface area contributed by atoms with Gasteiger partial charge in [-0.05, 0) is 19.4 Å². The Kier molecular flexibility index (Phi) is 9.32. The van der Waals surface area contributed by atoms with Gasteiger partial charge in [0.1, 0.15) is 12.3 Å². The number of quaternary nitrogens is 1. The largest absolute Gasteiger partial charge is 0.481 e. The highest BCUT2D eigenvalue weighted by Crippen LogP contribution is 2.15. The van der Waals surface area contributed by atoms with Gasteiger partial charge in [-0.25, -0.2) is 0 Å². The summed E-state index contributed by atoms with van der Waals surface area (Å²) in [6.45, 7) is 4.17. The molecule has 7 nitrogen and oxygen atoms in total. The second-order valence-corrected chi connectivity index (χ2v) is 5.31. The number of aliphatic carboxylic acids is 1. The van der Waals surface area contributed by atoms with E-state index in [4.69, 9.17) is 5.11 Å². The summed E-state index contributed by atoms with van der Waals surface area (Å²) >= 11 is 0. The zero-order chi connectivity index (χ0) is 15.7. The molecule has 0 aromatic carbocycles. The van der Waals surface area contributed by atoms with Crippen LogP contribution in [0.3, 0.4) is 0 Å². The molecular formula is C13H27N2O5+. The van der Waals surface area contributed by atoms with E-state index in [1.54, 1.807) is 0 Å². The van der Waals surface area contributed by atoms with Crippen LogP contribution in [-0.4, -0.2) is 52.5 Å². The fourth-order valence-corrected chi connectivity index (χ4v) is 1.88. The zero-order valence-electron chi connectivity index (χ0n) is 12.2. The molecule has 118 valence electrons. The van der Waals surface area contributed by atoms with E-state index in [1.165, 1.54) is 0 Å². The molecule has 0 fully saturated rings. The molecule has 0 aromatic heterocycles. The summed E-state index contributed by atoms with van der Waals surface area (Å²) in [5, 5.41) is 30.7. The zero-order valence-corrected chi connectivity index (χ0v) is 12.2. The second kappa shape index (κ2) is 9.82. The molecule has 7 heteroatoms. The van der Waals surface area contributed by atoms with Gasteiger partial charge in [-0.1, -0.05) is 13.8 Å². The number of carbonyl (C=O) groups is 2. The van der Waals surface area contributed by atoms with Gasteiger partial charge in [-0.15, -0.1) is 0 Å². The van der Waals surface area contributed by atoms with Crippen LogP contribution in [0.15, 0.2) is 0 Å². The van der Waals surface area contributed by atoms with E-state index < -0.39 is 18.3 Å². The van der Waals surface area contributed by atoms with E-state index in [1.807, 2.05) is 13.8 Å². The van der Waals surface area contributed by atoms with Crippen molar-refractivity contribution >= 4 is 12.3 Å². The summed E-state index contributed by atoms with van der Waals surface area (Å²) < 4.78 is 0. The Bertz CT molecular complexity index is 300. The summed E-state index contributed by atoms with van der Waals surface area (Å²) in [6, 6.07) is -0.362. The van der Waals surface area contributed by atoms with E-state index in [9.17, 15) is 19.8 Å². The van der Waals surface area contributed by atoms with Gasteiger partial charge in [0.15, 0.2) is 6.29 Å². The van der Waals surface area contributed by atoms with Crippen LogP contribution in [0.5, 0.6) is 0 Å². The van der Waals surface area contributed by atoms with Gasteiger partial charge >= 0.3 is 5.97 Å². The Hall–Kier alpha value is -1.02. The molecule has 0 aliphatic rings. The highest BCUT2D eigenvalue weighted by Gasteiger charge is 2.27. The fraction of sp³-hybridized carbons (Fsp3) is 0.846. The lowest BCUT2D eigenvalue weighted by Crippen LogP contribution is -2.66. The van der Waals surface area contributed by atoms with Gasteiger partial charge in [0, 0.05) is 11.8 Å². The maximum Gasteiger partial charge on any atom is 0.305 e. The van der Waals surface area contributed by atoms with Gasteiger partial charge < -0.3 is 21.1 Å². The van der Waals surface area contributed by atoms with Crippen molar-refractivity contribution in [1.29, 1.82) is 0 Å². The minimum Gasteiger partial charge on any atom is -0.481 e. The maximum absolute atomic E-state index is 10.7. The molecule has 0 radical (unpaired) electrons. The molecule has 0 saturated heterocycles. The van der Waals surface area contributed by atoms with E-state index in [2.05, 4.69) is 11.1 Å². The molecular weight excluding hydrogens is 264 g/mol. The highest BCUT2D eigenvalue weighted by atomic mass is 16.4. The van der Waals surface area contributed by atoms with Crippen molar-refractivity contribution < 1.29 is 30.6 Å². The van der Waals surface area contributed by atoms with Crippen molar-refractivity contribution in [3.8, 4) is 0 Å². The molecule has 0 rings (SSSR count). The molecule has 0 aliphatic heterocycles. The molecule has 0 heterocycles. The molecule has 5 unspecified atom stereocenters. The van der Waals surface area contributed by atoms with E-state index in [0.717, 1.165) is 6.29 Å². The van der Waals surface area contributed by atoms with Crippen molar-refractivity contribution in [2.75, 3.05) is 6.54 Å². The molecule has 0 aliphatic carbocycles. The third kappa shape index (κ3) is 7.54. The molecule has 5 atom stereocenters. The third-order valence-electron chi connectivity index (χ3n) is 3.66. The van der Waals surface area contributed by atoms with Crippen LogP contribution in [0.1, 0.15) is 33.1 Å². The predicted octanol–water partition coefficient (Wildman–Crippen LogP) is -1.41. The van der Waals surface area contributed by atoms with Crippen LogP contribution in [0.4, 0.5) is 0 Å². The van der Waals surface area contributed by atoms with Crippen LogP contribution in [0.2, 0.25) is 0 Å². The van der Waals surface area contributed by atoms with E-state index in [-0.39, 0.29) is 24.3 Å². The van der Waals surface area contributed by atoms with Crippen molar-refractivity contribution in [1.82, 2.24) is 5.32 Å². The Morgan fingerprint density at radius 1 is 1.30 bits per heavy atom. The number of carbonyl (C=O) groups excluding carboxylic acids is 1. The Morgan fingerprint density at radius 3 is 2.40 bits per heavy atom. The van der Waals surface area contributed by atoms with Crippen molar-refractivity contribution in [3.63, 3.8) is 0 Å². The summed E-state index contributed by atoms with van der Waals surface area (Å²) in [6.07, 6.45) is -0.182. The Morgan fingerprint density at radius 2 is 1.90 bits per heavy atom. The number of rotatable bonds is 11. The van der Waals surface area contributed by atoms with E-state index >= 15 is 0 Å². The second-order valence-electron chi connectivity index (χ2n) is 5.31. The Balaban J connectivity index is 3.90. The van der Waals surface area contributed by atoms with Crippen molar-refractivity contribution in [2.24, 2.45) is 11.8 Å². The minimum atomic E-state index is -1.02. The first-order valence-electron chi connectivity index (χ1n) is 6.89. The van der Waals surface area contributed by atoms with Gasteiger partial charge in [-0.3, -0.25) is 14.9 Å². The maximum atomic E-state index is 10.7. The minimum absolute atomic E-state index is 0.0485. The number of aliphatic hydroxyl groups excluding tert-OH is 2. The summed E-state index contributed by atoms with van der Waals surface area (Å²) in [7, 11) is 0. The molecule has 0 bridgehead atoms. The number of hydrogen-bond acceptors (Lipinski definition) is 5. The number of carboxylic acid groups (broad SMARTS) is 1. The molecule has 0 saturated carbocycles. The van der Waals surface area contributed by atoms with Gasteiger partial charge in [0.05, 0.1) is 12.5 Å². The molecule has 0 spiro atoms. The first-order chi connectivity index (χ1) is 9.29. The first-order valence-corrected chi connectivity index (χ1v) is 6.89. The van der Waals surface area contributed by atoms with Crippen LogP contribution in [-0.2, 0) is 9.59 Å². The van der Waals surface area contributed by atoms with Crippen LogP contribution < -0.4 is 11.1 Å². The topological polar surface area (TPSA) is 134 Å². The lowest BCUT2D eigenvalue weighted by atomic mass is 9.88. The SMILES string of the molecule is CC(C([NH3+])C=O)C(C)C(O)NCCCC(O)CC(=O)O. The number of nitrogens with one attached hydrogen (secondary N) is 1. The van der Waals surface area contributed by atoms with E-state index in [0.29, 0.717) is 19.4 Å². The lowest BCUT2D eigenvalue weighted by Gasteiger charge is -2.26. The molecule has 0 amide bonds. The molecule has 0 aromatic rings. The average molecular weight is 291 g/mol. The number of carboxylic acids is 1. The highest BCUT2D eigenvalue weighted by molar-refractivity contribution is 5.67. The third-order valence-corrected chi connectivity index (χ3v) is 3.66. The standard InChI is InChI=1S/C13H26N2O5/c1-8(11(14)7-16)9(2)13(20)15-5-3-4-10(17)6-12(18)19/h7-11,13,15,17,20H,3-6,14H2,1-2H3,(H,18,19)/p+1. The Labute approximate surface area is 119 Å². The van der Waals surface area contributed by atoms with Gasteiger partial charge in [0.2, 0.25) is 0 Å². The summed E-state index contributed by atoms with van der Waals surface area (Å²) in [5.74, 6) is -1.21. The quantitative estimate of drug-likeness (QED) is 0.180. The van der Waals surface area contributed by atoms with Crippen LogP contribution >= 0.6 is 0 Å². The van der Waals surface area contributed by atoms with Crippen LogP contribution in [0.25, 0.3) is 0 Å². The number of aldehydes is 1. The summed E-state index contributed by atoms with van der Waals surface area (Å²) in [5.41, 5.74) is 3.71. The average Bonchev–Trinajstić information content (AvgIpc) is 2.39. The van der Waals surface area contributed by atoms with Crippen molar-refractivity contribution in [3.05, 3.63) is 0 Å². The lowest BCUT2D eigenvalue weighted by molar-refractivity contribution is -0.415.